The number of methoxy groups -OCH3 is 2. The second kappa shape index (κ2) is 16.2. The second-order valence-corrected chi connectivity index (χ2v) is 12.2. The van der Waals surface area contributed by atoms with Gasteiger partial charge in [0.1, 0.15) is 12.1 Å². The first-order chi connectivity index (χ1) is 24.1. The first kappa shape index (κ1) is 36.4. The molecule has 0 radical (unpaired) electrons. The molecule has 1 aliphatic carbocycles. The summed E-state index contributed by atoms with van der Waals surface area (Å²) in [4.78, 5) is 32.0. The van der Waals surface area contributed by atoms with E-state index in [1.54, 1.807) is 0 Å². The number of allylic oxidation sites excluding steroid dienone is 1. The summed E-state index contributed by atoms with van der Waals surface area (Å²) in [5, 5.41) is 43.4. The highest BCUT2D eigenvalue weighted by molar-refractivity contribution is 6.36. The van der Waals surface area contributed by atoms with E-state index < -0.39 is 37.2 Å². The minimum Gasteiger partial charge on any atom is -0.481 e. The van der Waals surface area contributed by atoms with Crippen LogP contribution in [0.1, 0.15) is 39.9 Å². The summed E-state index contributed by atoms with van der Waals surface area (Å²) in [7, 11) is 3.01. The van der Waals surface area contributed by atoms with E-state index in [-0.39, 0.29) is 13.1 Å². The molecule has 12 nitrogen and oxygen atoms in total. The quantitative estimate of drug-likeness (QED) is 0.103. The van der Waals surface area contributed by atoms with Gasteiger partial charge in [-0.1, -0.05) is 54.1 Å². The van der Waals surface area contributed by atoms with Gasteiger partial charge < -0.3 is 29.9 Å². The molecule has 0 unspecified atom stereocenters. The van der Waals surface area contributed by atoms with E-state index >= 15 is 0 Å². The molecule has 0 saturated heterocycles. The lowest BCUT2D eigenvalue weighted by atomic mass is 9.94. The van der Waals surface area contributed by atoms with Crippen LogP contribution in [0.5, 0.6) is 11.8 Å². The lowest BCUT2D eigenvalue weighted by Crippen LogP contribution is -2.39. The molecule has 5 rings (SSSR count). The van der Waals surface area contributed by atoms with Crippen LogP contribution < -0.4 is 20.1 Å². The molecule has 2 heterocycles. The first-order valence-electron chi connectivity index (χ1n) is 15.9. The van der Waals surface area contributed by atoms with Gasteiger partial charge in [-0.2, -0.15) is 0 Å². The number of nitrogens with one attached hydrogen (secondary N) is 2. The molecule has 262 valence electrons. The van der Waals surface area contributed by atoms with Crippen LogP contribution in [0.15, 0.2) is 54.6 Å². The fourth-order valence-corrected chi connectivity index (χ4v) is 6.38. The number of benzene rings is 2. The number of pyridine rings is 2. The highest BCUT2D eigenvalue weighted by Crippen LogP contribution is 2.43. The van der Waals surface area contributed by atoms with Crippen molar-refractivity contribution in [3.8, 4) is 34.1 Å². The maximum Gasteiger partial charge on any atom is 0.323 e. The van der Waals surface area contributed by atoms with Crippen molar-refractivity contribution in [2.45, 2.75) is 44.9 Å². The third-order valence-electron chi connectivity index (χ3n) is 8.74. The standard InChI is InChI=1S/C37H39ClN4O8/c1-20-14-30(42-35(50-3)29(20)17-40-32(19-44)37(47)48)28-9-5-8-27(33(28)38)25-7-4-6-24-21(11-13-26(24)25)15-23-12-10-22(34(41-23)49-2)16-39-31(18-43)36(45)46/h4-10,12,14-15,31-32,39-40,43-44H,11,13,16-19H2,1-3H3,(H,45,46)(H,47,48)/b21-15+/t31-,32-/m1/s1. The van der Waals surface area contributed by atoms with Crippen LogP contribution >= 0.6 is 11.6 Å². The molecule has 0 fully saturated rings. The summed E-state index contributed by atoms with van der Waals surface area (Å²) in [6.45, 7) is 1.11. The normalized spacial score (nSPS) is 14.3. The topological polar surface area (TPSA) is 183 Å². The van der Waals surface area contributed by atoms with E-state index in [9.17, 15) is 30.0 Å². The van der Waals surface area contributed by atoms with E-state index in [0.717, 1.165) is 51.8 Å². The van der Waals surface area contributed by atoms with Gasteiger partial charge >= 0.3 is 11.9 Å². The van der Waals surface area contributed by atoms with E-state index in [2.05, 4.69) is 27.8 Å². The fraction of sp³-hybridized carbons (Fsp3) is 0.297. The molecule has 0 bridgehead atoms. The Kier molecular flexibility index (Phi) is 11.8. The van der Waals surface area contributed by atoms with Crippen molar-refractivity contribution in [2.75, 3.05) is 27.4 Å². The molecule has 13 heteroatoms. The number of carboxylic acids is 2. The molecule has 2 aromatic heterocycles. The van der Waals surface area contributed by atoms with Crippen molar-refractivity contribution in [3.63, 3.8) is 0 Å². The van der Waals surface area contributed by atoms with Gasteiger partial charge in [0, 0.05) is 35.3 Å². The predicted octanol–water partition coefficient (Wildman–Crippen LogP) is 4.35. The highest BCUT2D eigenvalue weighted by Gasteiger charge is 2.24. The number of aryl methyl sites for hydroxylation is 1. The lowest BCUT2D eigenvalue weighted by molar-refractivity contribution is -0.141. The monoisotopic (exact) mass is 702 g/mol. The summed E-state index contributed by atoms with van der Waals surface area (Å²) in [6, 6.07) is 15.3. The lowest BCUT2D eigenvalue weighted by Gasteiger charge is -2.18. The van der Waals surface area contributed by atoms with Gasteiger partial charge in [-0.3, -0.25) is 20.2 Å². The SMILES string of the molecule is COc1nc(/C=C2\CCc3c2cccc3-c2cccc(-c3cc(C)c(CN[C@H](CO)C(=O)O)c(OC)n3)c2Cl)ccc1CN[C@H](CO)C(=O)O. The number of halogens is 1. The molecular formula is C37H39ClN4O8. The van der Waals surface area contributed by atoms with Crippen molar-refractivity contribution >= 4 is 35.2 Å². The molecule has 6 N–H and O–H groups in total. The number of aliphatic hydroxyl groups is 2. The number of aromatic nitrogens is 2. The van der Waals surface area contributed by atoms with Gasteiger partial charge in [0.25, 0.3) is 0 Å². The van der Waals surface area contributed by atoms with Gasteiger partial charge in [-0.25, -0.2) is 9.97 Å². The zero-order valence-electron chi connectivity index (χ0n) is 27.9. The Morgan fingerprint density at radius 1 is 0.840 bits per heavy atom. The Morgan fingerprint density at radius 2 is 1.46 bits per heavy atom. The average molecular weight is 703 g/mol. The number of hydrogen-bond acceptors (Lipinski definition) is 10. The number of aliphatic hydroxyl groups excluding tert-OH is 2. The summed E-state index contributed by atoms with van der Waals surface area (Å²) < 4.78 is 11.1. The molecule has 2 aromatic carbocycles. The smallest absolute Gasteiger partial charge is 0.323 e. The van der Waals surface area contributed by atoms with Gasteiger partial charge in [0.15, 0.2) is 0 Å². The zero-order chi connectivity index (χ0) is 35.9. The molecule has 2 atom stereocenters. The van der Waals surface area contributed by atoms with Crippen molar-refractivity contribution in [1.29, 1.82) is 0 Å². The average Bonchev–Trinajstić information content (AvgIpc) is 3.52. The van der Waals surface area contributed by atoms with Crippen LogP contribution in [0.4, 0.5) is 0 Å². The van der Waals surface area contributed by atoms with E-state index in [0.29, 0.717) is 39.3 Å². The van der Waals surface area contributed by atoms with Crippen molar-refractivity contribution in [3.05, 3.63) is 93.1 Å². The van der Waals surface area contributed by atoms with Gasteiger partial charge in [0.05, 0.1) is 43.8 Å². The van der Waals surface area contributed by atoms with E-state index in [4.69, 9.17) is 26.1 Å². The van der Waals surface area contributed by atoms with Crippen LogP contribution in [0.2, 0.25) is 5.02 Å². The summed E-state index contributed by atoms with van der Waals surface area (Å²) in [5.74, 6) is -1.60. The second-order valence-electron chi connectivity index (χ2n) is 11.8. The molecule has 4 aromatic rings. The van der Waals surface area contributed by atoms with Crippen LogP contribution in [-0.2, 0) is 29.1 Å². The van der Waals surface area contributed by atoms with E-state index in [1.165, 1.54) is 14.2 Å². The minimum absolute atomic E-state index is 0.140. The van der Waals surface area contributed by atoms with Crippen LogP contribution in [0.25, 0.3) is 34.0 Å². The summed E-state index contributed by atoms with van der Waals surface area (Å²) >= 11 is 7.13. The van der Waals surface area contributed by atoms with Crippen LogP contribution in [-0.4, -0.2) is 81.8 Å². The number of rotatable bonds is 15. The zero-order valence-corrected chi connectivity index (χ0v) is 28.6. The van der Waals surface area contributed by atoms with Gasteiger partial charge in [-0.05, 0) is 65.8 Å². The van der Waals surface area contributed by atoms with Crippen LogP contribution in [0.3, 0.4) is 0 Å². The predicted molar refractivity (Wildman–Crippen MR) is 189 cm³/mol. The van der Waals surface area contributed by atoms with Crippen LogP contribution in [0, 0.1) is 6.92 Å². The Labute approximate surface area is 294 Å². The molecule has 1 aliphatic rings. The van der Waals surface area contributed by atoms with Gasteiger partial charge in [0.2, 0.25) is 11.8 Å². The maximum absolute atomic E-state index is 11.4. The molecular weight excluding hydrogens is 664 g/mol. The number of hydrogen-bond donors (Lipinski definition) is 6. The Balaban J connectivity index is 1.43. The first-order valence-corrected chi connectivity index (χ1v) is 16.3. The van der Waals surface area contributed by atoms with Crippen molar-refractivity contribution < 1.29 is 39.5 Å². The highest BCUT2D eigenvalue weighted by atomic mass is 35.5. The largest absolute Gasteiger partial charge is 0.481 e. The third kappa shape index (κ3) is 7.80. The van der Waals surface area contributed by atoms with E-state index in [1.807, 2.05) is 55.5 Å². The van der Waals surface area contributed by atoms with Crippen molar-refractivity contribution in [1.82, 2.24) is 20.6 Å². The number of nitrogens with zero attached hydrogens (tertiary/aromatic N) is 2. The Hall–Kier alpha value is -4.85. The molecule has 0 amide bonds. The molecule has 0 aliphatic heterocycles. The fourth-order valence-electron chi connectivity index (χ4n) is 6.06. The number of ether oxygens (including phenoxy) is 2. The van der Waals surface area contributed by atoms with Gasteiger partial charge in [-0.15, -0.1) is 0 Å². The van der Waals surface area contributed by atoms with Crippen molar-refractivity contribution in [2.24, 2.45) is 0 Å². The maximum atomic E-state index is 11.4. The number of fused-ring (bicyclic) bond motifs is 1. The number of carbonyl (C=O) groups is 2. The Bertz CT molecular complexity index is 1930. The summed E-state index contributed by atoms with van der Waals surface area (Å²) in [5.41, 5.74) is 9.42. The third-order valence-corrected chi connectivity index (χ3v) is 9.14. The minimum atomic E-state index is -1.15. The summed E-state index contributed by atoms with van der Waals surface area (Å²) in [6.07, 6.45) is 3.61. The molecule has 0 saturated carbocycles. The number of aliphatic carboxylic acids is 2. The molecule has 0 spiro atoms. The molecule has 50 heavy (non-hydrogen) atoms. The Morgan fingerprint density at radius 3 is 2.10 bits per heavy atom. The number of carboxylic acid groups (broad SMARTS) is 2.